The van der Waals surface area contributed by atoms with Crippen molar-refractivity contribution >= 4 is 31.6 Å². The van der Waals surface area contributed by atoms with Gasteiger partial charge in [-0.15, -0.1) is 0 Å². The van der Waals surface area contributed by atoms with E-state index >= 15 is 0 Å². The molecule has 0 bridgehead atoms. The van der Waals surface area contributed by atoms with Crippen LogP contribution in [0.3, 0.4) is 0 Å². The first kappa shape index (κ1) is 19.3. The third-order valence-electron chi connectivity index (χ3n) is 3.97. The van der Waals surface area contributed by atoms with Gasteiger partial charge in [-0.25, -0.2) is 17.8 Å². The van der Waals surface area contributed by atoms with Gasteiger partial charge in [-0.3, -0.25) is 4.79 Å². The molecule has 10 heteroatoms. The molecule has 0 atom stereocenters. The summed E-state index contributed by atoms with van der Waals surface area (Å²) in [7, 11) is -3.45. The van der Waals surface area contributed by atoms with E-state index in [1.807, 2.05) is 0 Å². The minimum Gasteiger partial charge on any atom is -0.493 e. The molecule has 0 spiro atoms. The van der Waals surface area contributed by atoms with Crippen molar-refractivity contribution in [1.82, 2.24) is 19.6 Å². The maximum atomic E-state index is 13.1. The standard InChI is InChI=1S/C17H17BrN4O4S/c1-3-21-17(24)12(9-20-21)16(23)11-5-6-14(18)15(22-8-4-7-19-22)13(11)10-27(2,25)26/h4-9,24H,3,10H2,1-2H3. The predicted molar refractivity (Wildman–Crippen MR) is 103 cm³/mol. The van der Waals surface area contributed by atoms with Gasteiger partial charge in [-0.1, -0.05) is 0 Å². The Balaban J connectivity index is 2.24. The minimum absolute atomic E-state index is 0.0142. The van der Waals surface area contributed by atoms with Crippen LogP contribution in [0.15, 0.2) is 41.3 Å². The van der Waals surface area contributed by atoms with E-state index in [1.165, 1.54) is 21.6 Å². The summed E-state index contributed by atoms with van der Waals surface area (Å²) in [4.78, 5) is 13.1. The van der Waals surface area contributed by atoms with Crippen LogP contribution in [-0.4, -0.2) is 45.1 Å². The number of carbonyl (C=O) groups excluding carboxylic acids is 1. The molecule has 142 valence electrons. The molecule has 0 radical (unpaired) electrons. The normalized spacial score (nSPS) is 11.7. The maximum Gasteiger partial charge on any atom is 0.220 e. The van der Waals surface area contributed by atoms with Crippen molar-refractivity contribution in [3.63, 3.8) is 0 Å². The number of sulfone groups is 1. The van der Waals surface area contributed by atoms with Crippen molar-refractivity contribution in [1.29, 1.82) is 0 Å². The van der Waals surface area contributed by atoms with E-state index < -0.39 is 15.6 Å². The SMILES string of the molecule is CCn1ncc(C(=O)c2ccc(Br)c(-n3cccn3)c2CS(C)(=O)=O)c1O. The first-order valence-electron chi connectivity index (χ1n) is 8.01. The van der Waals surface area contributed by atoms with Crippen LogP contribution in [-0.2, 0) is 22.1 Å². The Morgan fingerprint density at radius 1 is 1.26 bits per heavy atom. The molecular formula is C17H17BrN4O4S. The Labute approximate surface area is 164 Å². The zero-order valence-electron chi connectivity index (χ0n) is 14.6. The fraction of sp³-hybridized carbons (Fsp3) is 0.235. The molecule has 0 aliphatic heterocycles. The third-order valence-corrected chi connectivity index (χ3v) is 5.43. The van der Waals surface area contributed by atoms with Crippen LogP contribution in [0.4, 0.5) is 0 Å². The zero-order chi connectivity index (χ0) is 19.8. The molecule has 2 heterocycles. The molecule has 0 aliphatic carbocycles. The zero-order valence-corrected chi connectivity index (χ0v) is 17.0. The van der Waals surface area contributed by atoms with Crippen molar-refractivity contribution < 1.29 is 18.3 Å². The quantitative estimate of drug-likeness (QED) is 0.575. The predicted octanol–water partition coefficient (Wildman–Crippen LogP) is 2.33. The number of hydrogen-bond acceptors (Lipinski definition) is 6. The van der Waals surface area contributed by atoms with Gasteiger partial charge in [0.15, 0.2) is 15.6 Å². The summed E-state index contributed by atoms with van der Waals surface area (Å²) in [6, 6.07) is 4.88. The van der Waals surface area contributed by atoms with E-state index in [-0.39, 0.29) is 22.8 Å². The average Bonchev–Trinajstić information content (AvgIpc) is 3.23. The molecule has 0 saturated carbocycles. The number of rotatable bonds is 6. The molecule has 0 saturated heterocycles. The Morgan fingerprint density at radius 2 is 2.00 bits per heavy atom. The lowest BCUT2D eigenvalue weighted by Crippen LogP contribution is -2.14. The van der Waals surface area contributed by atoms with Gasteiger partial charge in [0.1, 0.15) is 5.56 Å². The van der Waals surface area contributed by atoms with Gasteiger partial charge in [0.05, 0.1) is 17.6 Å². The molecule has 0 fully saturated rings. The van der Waals surface area contributed by atoms with Gasteiger partial charge < -0.3 is 5.11 Å². The number of aryl methyl sites for hydroxylation is 1. The second kappa shape index (κ2) is 7.28. The van der Waals surface area contributed by atoms with Crippen LogP contribution >= 0.6 is 15.9 Å². The number of ketones is 1. The smallest absolute Gasteiger partial charge is 0.220 e. The highest BCUT2D eigenvalue weighted by Crippen LogP contribution is 2.31. The summed E-state index contributed by atoms with van der Waals surface area (Å²) in [5.74, 6) is -1.12. The molecule has 27 heavy (non-hydrogen) atoms. The van der Waals surface area contributed by atoms with Gasteiger partial charge in [0.2, 0.25) is 5.88 Å². The van der Waals surface area contributed by atoms with Crippen molar-refractivity contribution in [2.24, 2.45) is 0 Å². The molecule has 2 aromatic heterocycles. The third kappa shape index (κ3) is 3.81. The van der Waals surface area contributed by atoms with Crippen LogP contribution in [0.2, 0.25) is 0 Å². The molecule has 3 aromatic rings. The van der Waals surface area contributed by atoms with Crippen LogP contribution < -0.4 is 0 Å². The monoisotopic (exact) mass is 452 g/mol. The summed E-state index contributed by atoms with van der Waals surface area (Å²) in [6.07, 6.45) is 5.59. The number of nitrogens with zero attached hydrogens (tertiary/aromatic N) is 4. The Morgan fingerprint density at radius 3 is 2.56 bits per heavy atom. The van der Waals surface area contributed by atoms with E-state index in [0.29, 0.717) is 22.3 Å². The first-order chi connectivity index (χ1) is 12.7. The van der Waals surface area contributed by atoms with E-state index in [1.54, 1.807) is 31.5 Å². The molecule has 3 rings (SSSR count). The summed E-state index contributed by atoms with van der Waals surface area (Å²) < 4.78 is 27.5. The van der Waals surface area contributed by atoms with Crippen molar-refractivity contribution in [2.75, 3.05) is 6.26 Å². The number of aromatic nitrogens is 4. The topological polar surface area (TPSA) is 107 Å². The van der Waals surface area contributed by atoms with Gasteiger partial charge in [0.25, 0.3) is 0 Å². The van der Waals surface area contributed by atoms with Crippen molar-refractivity contribution in [3.05, 3.63) is 58.0 Å². The Kier molecular flexibility index (Phi) is 5.20. The van der Waals surface area contributed by atoms with Crippen LogP contribution in [0, 0.1) is 0 Å². The fourth-order valence-corrected chi connectivity index (χ4v) is 4.16. The average molecular weight is 453 g/mol. The highest BCUT2D eigenvalue weighted by Gasteiger charge is 2.26. The molecular weight excluding hydrogens is 436 g/mol. The fourth-order valence-electron chi connectivity index (χ4n) is 2.79. The van der Waals surface area contributed by atoms with E-state index in [9.17, 15) is 18.3 Å². The van der Waals surface area contributed by atoms with Gasteiger partial charge in [0, 0.05) is 40.8 Å². The highest BCUT2D eigenvalue weighted by molar-refractivity contribution is 9.10. The number of carbonyl (C=O) groups is 1. The number of halogens is 1. The second-order valence-corrected chi connectivity index (χ2v) is 8.96. The van der Waals surface area contributed by atoms with Crippen LogP contribution in [0.1, 0.15) is 28.4 Å². The van der Waals surface area contributed by atoms with Gasteiger partial charge in [-0.2, -0.15) is 10.2 Å². The summed E-state index contributed by atoms with van der Waals surface area (Å²) in [5.41, 5.74) is 0.934. The second-order valence-electron chi connectivity index (χ2n) is 5.97. The van der Waals surface area contributed by atoms with E-state index in [4.69, 9.17) is 0 Å². The first-order valence-corrected chi connectivity index (χ1v) is 10.9. The molecule has 1 aromatic carbocycles. The van der Waals surface area contributed by atoms with Crippen LogP contribution in [0.25, 0.3) is 5.69 Å². The lowest BCUT2D eigenvalue weighted by molar-refractivity contribution is 0.103. The highest BCUT2D eigenvalue weighted by atomic mass is 79.9. The summed E-state index contributed by atoms with van der Waals surface area (Å²) in [6.45, 7) is 2.18. The summed E-state index contributed by atoms with van der Waals surface area (Å²) in [5, 5.41) is 18.4. The number of hydrogen-bond donors (Lipinski definition) is 1. The molecule has 0 amide bonds. The lowest BCUT2D eigenvalue weighted by atomic mass is 9.99. The molecule has 8 nitrogen and oxygen atoms in total. The van der Waals surface area contributed by atoms with E-state index in [0.717, 1.165) is 6.26 Å². The van der Waals surface area contributed by atoms with Crippen LogP contribution in [0.5, 0.6) is 5.88 Å². The maximum absolute atomic E-state index is 13.1. The van der Waals surface area contributed by atoms with Gasteiger partial charge >= 0.3 is 0 Å². The number of benzene rings is 1. The summed E-state index contributed by atoms with van der Waals surface area (Å²) >= 11 is 3.41. The van der Waals surface area contributed by atoms with E-state index in [2.05, 4.69) is 26.1 Å². The molecule has 0 aliphatic rings. The van der Waals surface area contributed by atoms with Gasteiger partial charge in [-0.05, 0) is 41.1 Å². The molecule has 0 unspecified atom stereocenters. The largest absolute Gasteiger partial charge is 0.493 e. The Hall–Kier alpha value is -2.46. The minimum atomic E-state index is -3.45. The lowest BCUT2D eigenvalue weighted by Gasteiger charge is -2.15. The molecule has 1 N–H and O–H groups in total. The van der Waals surface area contributed by atoms with Crippen molar-refractivity contribution in [3.8, 4) is 11.6 Å². The van der Waals surface area contributed by atoms with Crippen molar-refractivity contribution in [2.45, 2.75) is 19.2 Å². The number of aromatic hydroxyl groups is 1. The Bertz CT molecular complexity index is 1100.